The van der Waals surface area contributed by atoms with Crippen molar-refractivity contribution in [1.29, 1.82) is 0 Å². The van der Waals surface area contributed by atoms with E-state index in [0.717, 1.165) is 5.56 Å². The molecule has 0 bridgehead atoms. The Balaban J connectivity index is 1.69. The second-order valence-electron chi connectivity index (χ2n) is 4.89. The molecule has 8 heteroatoms. The van der Waals surface area contributed by atoms with Crippen LogP contribution in [0, 0.1) is 0 Å². The van der Waals surface area contributed by atoms with Crippen LogP contribution in [0.2, 0.25) is 0 Å². The fraction of sp³-hybridized carbons (Fsp3) is 0.308. The summed E-state index contributed by atoms with van der Waals surface area (Å²) in [7, 11) is -3.71. The van der Waals surface area contributed by atoms with Crippen LogP contribution in [0.5, 0.6) is 0 Å². The zero-order chi connectivity index (χ0) is 14.7. The molecule has 7 nitrogen and oxygen atoms in total. The zero-order valence-corrected chi connectivity index (χ0v) is 12.0. The highest BCUT2D eigenvalue weighted by Gasteiger charge is 2.20. The number of pyridine rings is 1. The Morgan fingerprint density at radius 3 is 2.52 bits per heavy atom. The van der Waals surface area contributed by atoms with Crippen molar-refractivity contribution in [2.45, 2.75) is 30.5 Å². The molecule has 21 heavy (non-hydrogen) atoms. The van der Waals surface area contributed by atoms with E-state index in [1.165, 1.54) is 37.6 Å². The second-order valence-corrected chi connectivity index (χ2v) is 6.52. The lowest BCUT2D eigenvalue weighted by Crippen LogP contribution is -2.17. The maximum Gasteiger partial charge on any atom is 0.279 e. The Bertz CT molecular complexity index is 699. The minimum absolute atomic E-state index is 0.0264. The minimum atomic E-state index is -3.71. The van der Waals surface area contributed by atoms with Gasteiger partial charge in [-0.3, -0.25) is 4.72 Å². The Labute approximate surface area is 122 Å². The number of hydrogen-bond acceptors (Lipinski definition) is 6. The van der Waals surface area contributed by atoms with E-state index in [1.807, 2.05) is 0 Å². The van der Waals surface area contributed by atoms with Gasteiger partial charge in [-0.05, 0) is 24.5 Å². The van der Waals surface area contributed by atoms with Crippen molar-refractivity contribution < 1.29 is 8.42 Å². The van der Waals surface area contributed by atoms with E-state index in [1.54, 1.807) is 12.3 Å². The number of aromatic nitrogens is 3. The monoisotopic (exact) mass is 305 g/mol. The van der Waals surface area contributed by atoms with E-state index in [0.29, 0.717) is 18.3 Å². The van der Waals surface area contributed by atoms with E-state index < -0.39 is 10.0 Å². The van der Waals surface area contributed by atoms with Gasteiger partial charge in [0, 0.05) is 18.8 Å². The van der Waals surface area contributed by atoms with Crippen LogP contribution >= 0.6 is 0 Å². The summed E-state index contributed by atoms with van der Waals surface area (Å²) >= 11 is 0. The van der Waals surface area contributed by atoms with Gasteiger partial charge in [0.2, 0.25) is 0 Å². The van der Waals surface area contributed by atoms with E-state index >= 15 is 0 Å². The molecule has 110 valence electrons. The van der Waals surface area contributed by atoms with E-state index in [9.17, 15) is 8.42 Å². The van der Waals surface area contributed by atoms with Crippen LogP contribution in [0.1, 0.15) is 18.4 Å². The van der Waals surface area contributed by atoms with Crippen LogP contribution in [0.4, 0.5) is 5.69 Å². The summed E-state index contributed by atoms with van der Waals surface area (Å²) in [5, 5.41) is 3.32. The topological polar surface area (TPSA) is 96.9 Å². The number of sulfonamides is 1. The van der Waals surface area contributed by atoms with Gasteiger partial charge >= 0.3 is 0 Å². The first-order chi connectivity index (χ1) is 10.1. The Morgan fingerprint density at radius 1 is 1.14 bits per heavy atom. The Kier molecular flexibility index (Phi) is 3.80. The summed E-state index contributed by atoms with van der Waals surface area (Å²) in [6.07, 6.45) is 8.10. The molecule has 0 saturated heterocycles. The van der Waals surface area contributed by atoms with E-state index in [2.05, 4.69) is 25.0 Å². The van der Waals surface area contributed by atoms with Crippen molar-refractivity contribution in [2.24, 2.45) is 0 Å². The van der Waals surface area contributed by atoms with Gasteiger partial charge in [-0.25, -0.2) is 15.0 Å². The average molecular weight is 305 g/mol. The smallest absolute Gasteiger partial charge is 0.279 e. The lowest BCUT2D eigenvalue weighted by molar-refractivity contribution is 0.597. The SMILES string of the molecule is O=S(=O)(Nc1cncnc1)c1ccc(CNC2CC2)cn1. The van der Waals surface area contributed by atoms with Crippen LogP contribution in [-0.2, 0) is 16.6 Å². The average Bonchev–Trinajstić information content (AvgIpc) is 3.30. The number of hydrogen-bond donors (Lipinski definition) is 2. The summed E-state index contributed by atoms with van der Waals surface area (Å²) in [6.45, 7) is 0.706. The third-order valence-electron chi connectivity index (χ3n) is 3.06. The van der Waals surface area contributed by atoms with Gasteiger partial charge in [0.15, 0.2) is 5.03 Å². The molecule has 0 atom stereocenters. The van der Waals surface area contributed by atoms with Gasteiger partial charge in [0.1, 0.15) is 6.33 Å². The van der Waals surface area contributed by atoms with E-state index in [4.69, 9.17) is 0 Å². The van der Waals surface area contributed by atoms with Gasteiger partial charge in [-0.1, -0.05) is 6.07 Å². The van der Waals surface area contributed by atoms with Gasteiger partial charge in [-0.15, -0.1) is 0 Å². The highest BCUT2D eigenvalue weighted by molar-refractivity contribution is 7.92. The lowest BCUT2D eigenvalue weighted by atomic mass is 10.3. The molecule has 0 aromatic carbocycles. The summed E-state index contributed by atoms with van der Waals surface area (Å²) in [5.74, 6) is 0. The standard InChI is InChI=1S/C13H15N5O2S/c19-21(20,18-12-7-14-9-15-8-12)13-4-1-10(6-17-13)5-16-11-2-3-11/h1,4,6-9,11,16,18H,2-3,5H2. The van der Waals surface area contributed by atoms with Gasteiger partial charge in [-0.2, -0.15) is 8.42 Å². The largest absolute Gasteiger partial charge is 0.310 e. The van der Waals surface area contributed by atoms with Gasteiger partial charge in [0.05, 0.1) is 18.1 Å². The van der Waals surface area contributed by atoms with Gasteiger partial charge in [0.25, 0.3) is 10.0 Å². The third-order valence-corrected chi connectivity index (χ3v) is 4.35. The maximum atomic E-state index is 12.1. The van der Waals surface area contributed by atoms with Crippen LogP contribution in [0.3, 0.4) is 0 Å². The summed E-state index contributed by atoms with van der Waals surface area (Å²) in [6, 6.07) is 3.86. The van der Waals surface area contributed by atoms with Crippen LogP contribution in [0.25, 0.3) is 0 Å². The number of nitrogens with one attached hydrogen (secondary N) is 2. The number of anilines is 1. The molecule has 1 saturated carbocycles. The molecule has 2 heterocycles. The molecule has 1 aliphatic carbocycles. The molecule has 3 rings (SSSR count). The molecule has 2 aromatic heterocycles. The molecule has 0 aliphatic heterocycles. The first-order valence-electron chi connectivity index (χ1n) is 6.60. The molecular weight excluding hydrogens is 290 g/mol. The highest BCUT2D eigenvalue weighted by atomic mass is 32.2. The molecule has 2 N–H and O–H groups in total. The molecule has 1 fully saturated rings. The summed E-state index contributed by atoms with van der Waals surface area (Å²) < 4.78 is 26.7. The molecular formula is C13H15N5O2S. The Hall–Kier alpha value is -2.06. The van der Waals surface area contributed by atoms with Crippen molar-refractivity contribution in [1.82, 2.24) is 20.3 Å². The van der Waals surface area contributed by atoms with Crippen molar-refractivity contribution in [3.05, 3.63) is 42.6 Å². The van der Waals surface area contributed by atoms with Gasteiger partial charge < -0.3 is 5.32 Å². The van der Waals surface area contributed by atoms with Crippen LogP contribution in [-0.4, -0.2) is 29.4 Å². The van der Waals surface area contributed by atoms with Crippen molar-refractivity contribution in [3.63, 3.8) is 0 Å². The Morgan fingerprint density at radius 2 is 1.90 bits per heavy atom. The number of nitrogens with zero attached hydrogens (tertiary/aromatic N) is 3. The molecule has 1 aliphatic rings. The third kappa shape index (κ3) is 3.73. The maximum absolute atomic E-state index is 12.1. The molecule has 2 aromatic rings. The first kappa shape index (κ1) is 13.9. The molecule has 0 radical (unpaired) electrons. The zero-order valence-electron chi connectivity index (χ0n) is 11.2. The fourth-order valence-electron chi connectivity index (χ4n) is 1.78. The minimum Gasteiger partial charge on any atom is -0.310 e. The van der Waals surface area contributed by atoms with Crippen molar-refractivity contribution in [3.8, 4) is 0 Å². The highest BCUT2D eigenvalue weighted by Crippen LogP contribution is 2.19. The quantitative estimate of drug-likeness (QED) is 0.824. The normalized spacial score (nSPS) is 14.9. The number of rotatable bonds is 6. The lowest BCUT2D eigenvalue weighted by Gasteiger charge is -2.07. The van der Waals surface area contributed by atoms with Crippen LogP contribution < -0.4 is 10.0 Å². The predicted molar refractivity (Wildman–Crippen MR) is 76.9 cm³/mol. The summed E-state index contributed by atoms with van der Waals surface area (Å²) in [5.41, 5.74) is 1.27. The second kappa shape index (κ2) is 5.74. The van der Waals surface area contributed by atoms with Crippen molar-refractivity contribution in [2.75, 3.05) is 4.72 Å². The summed E-state index contributed by atoms with van der Waals surface area (Å²) in [4.78, 5) is 11.5. The van der Waals surface area contributed by atoms with E-state index in [-0.39, 0.29) is 5.03 Å². The molecule has 0 spiro atoms. The van der Waals surface area contributed by atoms with Crippen LogP contribution in [0.15, 0.2) is 42.1 Å². The molecule has 0 unspecified atom stereocenters. The fourth-order valence-corrected chi connectivity index (χ4v) is 2.74. The van der Waals surface area contributed by atoms with Crippen molar-refractivity contribution >= 4 is 15.7 Å². The first-order valence-corrected chi connectivity index (χ1v) is 8.08. The predicted octanol–water partition coefficient (Wildman–Crippen LogP) is 0.924. The molecule has 0 amide bonds.